The molecule has 8 aromatic rings. The fourth-order valence-electron chi connectivity index (χ4n) is 7.87. The fourth-order valence-corrected chi connectivity index (χ4v) is 7.87. The number of aromatic nitrogens is 2. The molecule has 1 aliphatic carbocycles. The highest BCUT2D eigenvalue weighted by molar-refractivity contribution is 5.90. The van der Waals surface area contributed by atoms with E-state index in [0.29, 0.717) is 11.3 Å². The summed E-state index contributed by atoms with van der Waals surface area (Å²) < 4.78 is 0. The molecule has 0 N–H and O–H groups in total. The quantitative estimate of drug-likeness (QED) is 0.165. The number of benzene rings is 6. The Hall–Kier alpha value is -7.40. The maximum Gasteiger partial charge on any atom is 0.190 e. The van der Waals surface area contributed by atoms with Crippen molar-refractivity contribution in [2.75, 3.05) is 0 Å². The van der Waals surface area contributed by atoms with Gasteiger partial charge in [-0.1, -0.05) is 121 Å². The highest BCUT2D eigenvalue weighted by atomic mass is 14.7. The van der Waals surface area contributed by atoms with Crippen LogP contribution in [0.25, 0.3) is 60.7 Å². The van der Waals surface area contributed by atoms with Crippen molar-refractivity contribution in [1.29, 1.82) is 5.26 Å². The lowest BCUT2D eigenvalue weighted by atomic mass is 9.67. The SMILES string of the molecule is [C-]#[N+]c1ccnc(-c2cccc(-c3ccc4c(c3)C(c3ccccc3)(c3ccccc3)c3cc(-c5cccc(-c6cc(C#N)ccn6)c5)ccc3-4)c2)c1. The van der Waals surface area contributed by atoms with Gasteiger partial charge in [0.15, 0.2) is 5.69 Å². The van der Waals surface area contributed by atoms with Gasteiger partial charge in [0.1, 0.15) is 0 Å². The van der Waals surface area contributed by atoms with Crippen LogP contribution in [0.2, 0.25) is 0 Å². The average Bonchev–Trinajstić information content (AvgIpc) is 3.54. The zero-order chi connectivity index (χ0) is 35.8. The summed E-state index contributed by atoms with van der Waals surface area (Å²) in [6.07, 6.45) is 3.39. The van der Waals surface area contributed by atoms with E-state index in [1.165, 1.54) is 33.4 Å². The minimum Gasteiger partial charge on any atom is -0.259 e. The molecule has 0 spiro atoms. The predicted molar refractivity (Wildman–Crippen MR) is 212 cm³/mol. The van der Waals surface area contributed by atoms with Gasteiger partial charge >= 0.3 is 0 Å². The van der Waals surface area contributed by atoms with E-state index in [0.717, 1.165) is 44.8 Å². The second-order valence-corrected chi connectivity index (χ2v) is 13.2. The molecule has 2 heterocycles. The van der Waals surface area contributed by atoms with Gasteiger partial charge in [-0.3, -0.25) is 9.97 Å². The van der Waals surface area contributed by atoms with E-state index in [2.05, 4.69) is 154 Å². The third-order valence-corrected chi connectivity index (χ3v) is 10.3. The summed E-state index contributed by atoms with van der Waals surface area (Å²) in [7, 11) is 0. The molecule has 4 heteroatoms. The van der Waals surface area contributed by atoms with Gasteiger partial charge in [-0.15, -0.1) is 0 Å². The largest absolute Gasteiger partial charge is 0.259 e. The second-order valence-electron chi connectivity index (χ2n) is 13.2. The zero-order valence-corrected chi connectivity index (χ0v) is 28.6. The van der Waals surface area contributed by atoms with Gasteiger partial charge in [-0.05, 0) is 110 Å². The predicted octanol–water partition coefficient (Wildman–Crippen LogP) is 11.9. The van der Waals surface area contributed by atoms with Crippen molar-refractivity contribution in [1.82, 2.24) is 9.97 Å². The second kappa shape index (κ2) is 13.1. The van der Waals surface area contributed by atoms with Crippen molar-refractivity contribution in [3.63, 3.8) is 0 Å². The molecule has 0 saturated heterocycles. The number of rotatable bonds is 6. The molecule has 246 valence electrons. The van der Waals surface area contributed by atoms with Crippen molar-refractivity contribution >= 4 is 5.69 Å². The van der Waals surface area contributed by atoms with Crippen molar-refractivity contribution in [2.45, 2.75) is 5.41 Å². The normalized spacial score (nSPS) is 12.3. The highest BCUT2D eigenvalue weighted by Crippen LogP contribution is 2.57. The first-order valence-electron chi connectivity index (χ1n) is 17.5. The minimum absolute atomic E-state index is 0.571. The summed E-state index contributed by atoms with van der Waals surface area (Å²) in [5.41, 5.74) is 15.7. The van der Waals surface area contributed by atoms with Gasteiger partial charge in [0.25, 0.3) is 0 Å². The fraction of sp³-hybridized carbons (Fsp3) is 0.0204. The smallest absolute Gasteiger partial charge is 0.190 e. The van der Waals surface area contributed by atoms with E-state index in [1.54, 1.807) is 24.5 Å². The lowest BCUT2D eigenvalue weighted by molar-refractivity contribution is 0.769. The molecule has 0 unspecified atom stereocenters. The Morgan fingerprint density at radius 1 is 0.472 bits per heavy atom. The molecule has 0 fully saturated rings. The zero-order valence-electron chi connectivity index (χ0n) is 28.6. The first-order valence-corrected chi connectivity index (χ1v) is 17.5. The average molecular weight is 675 g/mol. The maximum absolute atomic E-state index is 9.51. The lowest BCUT2D eigenvalue weighted by Crippen LogP contribution is -2.28. The molecule has 9 rings (SSSR count). The van der Waals surface area contributed by atoms with Gasteiger partial charge in [-0.2, -0.15) is 5.26 Å². The van der Waals surface area contributed by atoms with Crippen molar-refractivity contribution in [2.24, 2.45) is 0 Å². The van der Waals surface area contributed by atoms with Crippen LogP contribution in [-0.4, -0.2) is 9.97 Å². The van der Waals surface area contributed by atoms with Crippen molar-refractivity contribution < 1.29 is 0 Å². The molecule has 0 bridgehead atoms. The topological polar surface area (TPSA) is 53.9 Å². The molecule has 0 aliphatic heterocycles. The molecule has 0 radical (unpaired) electrons. The van der Waals surface area contributed by atoms with E-state index in [9.17, 15) is 5.26 Å². The molecule has 53 heavy (non-hydrogen) atoms. The Bertz CT molecular complexity index is 2560. The third-order valence-electron chi connectivity index (χ3n) is 10.3. The summed E-state index contributed by atoms with van der Waals surface area (Å²) in [5, 5.41) is 9.51. The third kappa shape index (κ3) is 5.38. The molecule has 4 nitrogen and oxygen atoms in total. The van der Waals surface area contributed by atoms with E-state index in [-0.39, 0.29) is 0 Å². The number of hydrogen-bond acceptors (Lipinski definition) is 3. The molecule has 0 saturated carbocycles. The maximum atomic E-state index is 9.51. The Morgan fingerprint density at radius 2 is 0.962 bits per heavy atom. The Morgan fingerprint density at radius 3 is 1.49 bits per heavy atom. The minimum atomic E-state index is -0.595. The van der Waals surface area contributed by atoms with Crippen molar-refractivity contribution in [3.05, 3.63) is 221 Å². The number of hydrogen-bond donors (Lipinski definition) is 0. The number of fused-ring (bicyclic) bond motifs is 3. The van der Waals surface area contributed by atoms with Gasteiger partial charge in [0, 0.05) is 18.0 Å². The molecule has 6 aromatic carbocycles. The monoisotopic (exact) mass is 674 g/mol. The van der Waals surface area contributed by atoms with Crippen molar-refractivity contribution in [3.8, 4) is 62.0 Å². The van der Waals surface area contributed by atoms with Crippen LogP contribution in [0.4, 0.5) is 5.69 Å². The van der Waals surface area contributed by atoms with Crippen LogP contribution in [0, 0.1) is 17.9 Å². The van der Waals surface area contributed by atoms with E-state index >= 15 is 0 Å². The van der Waals surface area contributed by atoms with E-state index < -0.39 is 5.41 Å². The first kappa shape index (κ1) is 31.6. The van der Waals surface area contributed by atoms with Crippen LogP contribution in [0.15, 0.2) is 182 Å². The lowest BCUT2D eigenvalue weighted by Gasteiger charge is -2.34. The first-order chi connectivity index (χ1) is 26.1. The van der Waals surface area contributed by atoms with Gasteiger partial charge in [0.05, 0.1) is 35.0 Å². The van der Waals surface area contributed by atoms with Gasteiger partial charge < -0.3 is 0 Å². The molecule has 0 amide bonds. The summed E-state index contributed by atoms with van der Waals surface area (Å²) in [6.45, 7) is 7.49. The Kier molecular flexibility index (Phi) is 7.77. The Labute approximate surface area is 308 Å². The highest BCUT2D eigenvalue weighted by Gasteiger charge is 2.46. The standard InChI is InChI=1S/C49H30N4/c1-51-42-23-25-53-48(31-42)39-13-9-11-35(28-39)37-19-21-44-43-20-18-36(34-10-8-12-38(27-34)47-26-33(32-50)22-24-52-47)29-45(43)49(46(44)30-37,40-14-4-2-5-15-40)41-16-6-3-7-17-41/h2-31H. The number of pyridine rings is 2. The van der Waals surface area contributed by atoms with Crippen LogP contribution in [-0.2, 0) is 5.41 Å². The van der Waals surface area contributed by atoms with E-state index in [1.807, 2.05) is 24.3 Å². The number of nitriles is 1. The summed E-state index contributed by atoms with van der Waals surface area (Å²) >= 11 is 0. The summed E-state index contributed by atoms with van der Waals surface area (Å²) in [4.78, 5) is 12.8. The van der Waals surface area contributed by atoms with Gasteiger partial charge in [0.2, 0.25) is 0 Å². The summed E-state index contributed by atoms with van der Waals surface area (Å²) in [6, 6.07) is 61.6. The Balaban J connectivity index is 1.25. The molecule has 2 aromatic heterocycles. The summed E-state index contributed by atoms with van der Waals surface area (Å²) in [5.74, 6) is 0. The van der Waals surface area contributed by atoms with Gasteiger partial charge in [-0.25, -0.2) is 4.85 Å². The van der Waals surface area contributed by atoms with Crippen LogP contribution in [0.1, 0.15) is 27.8 Å². The van der Waals surface area contributed by atoms with Crippen LogP contribution in [0.5, 0.6) is 0 Å². The van der Waals surface area contributed by atoms with Crippen LogP contribution < -0.4 is 0 Å². The van der Waals surface area contributed by atoms with Crippen LogP contribution in [0.3, 0.4) is 0 Å². The molecular weight excluding hydrogens is 645 g/mol. The van der Waals surface area contributed by atoms with E-state index in [4.69, 9.17) is 6.57 Å². The molecule has 1 aliphatic rings. The number of nitrogens with zero attached hydrogens (tertiary/aromatic N) is 4. The molecule has 0 atom stereocenters. The molecular formula is C49H30N4. The van der Waals surface area contributed by atoms with Crippen LogP contribution >= 0.6 is 0 Å².